The van der Waals surface area contributed by atoms with Crippen molar-refractivity contribution in [2.45, 2.75) is 26.2 Å². The number of hydrogen-bond donors (Lipinski definition) is 0. The van der Waals surface area contributed by atoms with Crippen molar-refractivity contribution in [1.29, 1.82) is 0 Å². The fourth-order valence-electron chi connectivity index (χ4n) is 0.748. The van der Waals surface area contributed by atoms with E-state index in [1.54, 1.807) is 0 Å². The second-order valence-corrected chi connectivity index (χ2v) is 11.5. The van der Waals surface area contributed by atoms with E-state index in [1.165, 1.54) is 0 Å². The summed E-state index contributed by atoms with van der Waals surface area (Å²) in [5.41, 5.74) is 0. The van der Waals surface area contributed by atoms with Gasteiger partial charge in [-0.15, -0.1) is 0 Å². The molecule has 0 saturated heterocycles. The monoisotopic (exact) mass is 160 g/mol. The Morgan fingerprint density at radius 2 is 1.11 bits per heavy atom. The van der Waals surface area contributed by atoms with Gasteiger partial charge >= 0.3 is 0 Å². The summed E-state index contributed by atoms with van der Waals surface area (Å²) in [6.07, 6.45) is 0. The molecule has 0 atom stereocenters. The van der Waals surface area contributed by atoms with Crippen molar-refractivity contribution >= 4 is 16.6 Å². The van der Waals surface area contributed by atoms with E-state index in [0.717, 1.165) is 0 Å². The van der Waals surface area contributed by atoms with Crippen LogP contribution in [0.4, 0.5) is 0 Å². The molecule has 0 aliphatic carbocycles. The van der Waals surface area contributed by atoms with Gasteiger partial charge in [0.15, 0.2) is 16.6 Å². The highest BCUT2D eigenvalue weighted by atomic mass is 28.4. The van der Waals surface area contributed by atoms with Crippen molar-refractivity contribution < 1.29 is 4.12 Å². The highest BCUT2D eigenvalue weighted by molar-refractivity contribution is 6.86. The summed E-state index contributed by atoms with van der Waals surface area (Å²) < 4.78 is 5.68. The zero-order chi connectivity index (χ0) is 7.71. The molecule has 0 N–H and O–H groups in total. The van der Waals surface area contributed by atoms with Crippen LogP contribution in [0.1, 0.15) is 0 Å². The van der Waals surface area contributed by atoms with Crippen molar-refractivity contribution in [3.63, 3.8) is 0 Å². The molecule has 0 aliphatic heterocycles. The fourth-order valence-corrected chi connectivity index (χ4v) is 6.73. The van der Waals surface area contributed by atoms with Crippen molar-refractivity contribution in [2.24, 2.45) is 0 Å². The summed E-state index contributed by atoms with van der Waals surface area (Å²) in [6.45, 7) is 16.3. The molecule has 0 unspecified atom stereocenters. The van der Waals surface area contributed by atoms with E-state index in [1.807, 2.05) is 0 Å². The SMILES string of the molecule is [CH2][Si](C)(C)O[Si]([CH2])(C)C. The maximum Gasteiger partial charge on any atom is 0.173 e. The minimum Gasteiger partial charge on any atom is -0.456 e. The second-order valence-electron chi connectivity index (χ2n) is 3.62. The molecule has 0 bridgehead atoms. The molecule has 0 fully saturated rings. The van der Waals surface area contributed by atoms with Gasteiger partial charge in [-0.3, -0.25) is 0 Å². The Bertz CT molecular complexity index is 76.2. The minimum atomic E-state index is -1.54. The molecule has 0 aromatic rings. The third kappa shape index (κ3) is 8.39. The predicted octanol–water partition coefficient (Wildman–Crippen LogP) is 2.16. The van der Waals surface area contributed by atoms with Crippen LogP contribution in [0.3, 0.4) is 0 Å². The van der Waals surface area contributed by atoms with Crippen LogP contribution in [-0.2, 0) is 4.12 Å². The third-order valence-electron chi connectivity index (χ3n) is 0.553. The van der Waals surface area contributed by atoms with Crippen LogP contribution in [0, 0.1) is 13.1 Å². The van der Waals surface area contributed by atoms with Crippen LogP contribution in [0.2, 0.25) is 26.2 Å². The molecular formula is C6H16OSi2. The Kier molecular flexibility index (Phi) is 2.67. The van der Waals surface area contributed by atoms with Crippen LogP contribution < -0.4 is 0 Å². The van der Waals surface area contributed by atoms with Gasteiger partial charge in [-0.2, -0.15) is 0 Å². The molecule has 1 nitrogen and oxygen atoms in total. The van der Waals surface area contributed by atoms with Crippen molar-refractivity contribution in [2.75, 3.05) is 0 Å². The largest absolute Gasteiger partial charge is 0.456 e. The van der Waals surface area contributed by atoms with Crippen LogP contribution in [0.25, 0.3) is 0 Å². The summed E-state index contributed by atoms with van der Waals surface area (Å²) >= 11 is 0. The van der Waals surface area contributed by atoms with Crippen LogP contribution >= 0.6 is 0 Å². The van der Waals surface area contributed by atoms with Gasteiger partial charge in [0.1, 0.15) is 0 Å². The van der Waals surface area contributed by atoms with E-state index in [-0.39, 0.29) is 0 Å². The molecule has 54 valence electrons. The van der Waals surface area contributed by atoms with E-state index in [0.29, 0.717) is 0 Å². The van der Waals surface area contributed by atoms with Crippen LogP contribution in [0.15, 0.2) is 0 Å². The van der Waals surface area contributed by atoms with Crippen molar-refractivity contribution in [3.8, 4) is 0 Å². The molecule has 0 amide bonds. The lowest BCUT2D eigenvalue weighted by Crippen LogP contribution is -2.40. The zero-order valence-corrected chi connectivity index (χ0v) is 8.82. The molecule has 9 heavy (non-hydrogen) atoms. The highest BCUT2D eigenvalue weighted by Crippen LogP contribution is 2.10. The Morgan fingerprint density at radius 1 is 0.889 bits per heavy atom. The van der Waals surface area contributed by atoms with E-state index in [9.17, 15) is 0 Å². The quantitative estimate of drug-likeness (QED) is 0.563. The molecular weight excluding hydrogens is 144 g/mol. The minimum absolute atomic E-state index is 1.54. The maximum atomic E-state index is 5.68. The smallest absolute Gasteiger partial charge is 0.173 e. The van der Waals surface area contributed by atoms with Gasteiger partial charge in [0.2, 0.25) is 0 Å². The Balaban J connectivity index is 3.75. The molecule has 3 heteroatoms. The fraction of sp³-hybridized carbons (Fsp3) is 0.667. The average molecular weight is 160 g/mol. The maximum absolute atomic E-state index is 5.68. The molecule has 0 aliphatic rings. The van der Waals surface area contributed by atoms with Gasteiger partial charge in [-0.1, -0.05) is 0 Å². The number of hydrogen-bond acceptors (Lipinski definition) is 1. The second kappa shape index (κ2) is 2.56. The lowest BCUT2D eigenvalue weighted by Gasteiger charge is -2.27. The summed E-state index contributed by atoms with van der Waals surface area (Å²) in [5.74, 6) is 0. The van der Waals surface area contributed by atoms with Gasteiger partial charge < -0.3 is 4.12 Å². The average Bonchev–Trinajstić information content (AvgIpc) is 1.14. The normalized spacial score (nSPS) is 14.0. The van der Waals surface area contributed by atoms with E-state index >= 15 is 0 Å². The third-order valence-corrected chi connectivity index (χ3v) is 4.97. The predicted molar refractivity (Wildman–Crippen MR) is 46.8 cm³/mol. The molecule has 0 rings (SSSR count). The van der Waals surface area contributed by atoms with Gasteiger partial charge in [0, 0.05) is 0 Å². The summed E-state index contributed by atoms with van der Waals surface area (Å²) in [6, 6.07) is 0. The van der Waals surface area contributed by atoms with Gasteiger partial charge in [0.05, 0.1) is 0 Å². The van der Waals surface area contributed by atoms with Crippen LogP contribution in [0.5, 0.6) is 0 Å². The summed E-state index contributed by atoms with van der Waals surface area (Å²) in [4.78, 5) is 0. The first-order valence-electron chi connectivity index (χ1n) is 3.12. The molecule has 0 spiro atoms. The van der Waals surface area contributed by atoms with E-state index in [4.69, 9.17) is 4.12 Å². The van der Waals surface area contributed by atoms with Gasteiger partial charge in [0.25, 0.3) is 0 Å². The molecule has 0 aromatic carbocycles. The Hall–Kier alpha value is 0.394. The first-order valence-corrected chi connectivity index (χ1v) is 9.35. The molecule has 2 radical (unpaired) electrons. The van der Waals surface area contributed by atoms with Crippen LogP contribution in [-0.4, -0.2) is 16.6 Å². The molecule has 0 saturated carbocycles. The van der Waals surface area contributed by atoms with Gasteiger partial charge in [-0.25, -0.2) is 0 Å². The summed E-state index contributed by atoms with van der Waals surface area (Å²) in [7, 11) is -3.09. The zero-order valence-electron chi connectivity index (χ0n) is 6.82. The van der Waals surface area contributed by atoms with Crippen molar-refractivity contribution in [3.05, 3.63) is 13.1 Å². The molecule has 0 aromatic heterocycles. The summed E-state index contributed by atoms with van der Waals surface area (Å²) in [5, 5.41) is 0. The van der Waals surface area contributed by atoms with E-state index < -0.39 is 16.6 Å². The first kappa shape index (κ1) is 9.39. The topological polar surface area (TPSA) is 9.23 Å². The number of rotatable bonds is 2. The lowest BCUT2D eigenvalue weighted by molar-refractivity contribution is 0.570. The lowest BCUT2D eigenvalue weighted by atomic mass is 11.8. The Morgan fingerprint density at radius 3 is 1.11 bits per heavy atom. The highest BCUT2D eigenvalue weighted by Gasteiger charge is 2.24. The Labute approximate surface area is 60.7 Å². The van der Waals surface area contributed by atoms with Crippen molar-refractivity contribution in [1.82, 2.24) is 0 Å². The molecule has 0 heterocycles. The first-order chi connectivity index (χ1) is 3.71. The van der Waals surface area contributed by atoms with Gasteiger partial charge in [-0.05, 0) is 39.3 Å². The standard InChI is InChI=1S/C6H16OSi2/c1-8(2,3)7-9(4,5)6/h1,4H2,2-3,5-6H3. The van der Waals surface area contributed by atoms with E-state index in [2.05, 4.69) is 39.3 Å².